The normalized spacial score (nSPS) is 17.2. The fourth-order valence-electron chi connectivity index (χ4n) is 9.00. The third kappa shape index (κ3) is 16.7. The molecular weight excluding hydrogens is 916 g/mol. The highest BCUT2D eigenvalue weighted by Crippen LogP contribution is 2.43. The topological polar surface area (TPSA) is 202 Å². The molecule has 380 valence electrons. The number of aliphatic hydroxyl groups excluding tert-OH is 2. The maximum absolute atomic E-state index is 14.3. The van der Waals surface area contributed by atoms with Gasteiger partial charge in [-0.05, 0) is 92.0 Å². The van der Waals surface area contributed by atoms with E-state index in [1.807, 2.05) is 90.8 Å². The highest BCUT2D eigenvalue weighted by Gasteiger charge is 2.42. The standard InChI is InChI=1S/C53H71FN6O9S/c1-36(2)50-48(52(65)57-40-15-7-4-8-16-40)47(37-13-5-3-6-14-37)51(38-19-21-39(54)22-20-38)60(50)26-23-41(61)33-42(62)34-46(64)56-25-12-28-68-30-32-69-31-29-67-27-11-24-55-45(63)18-10-9-17-44-49-43(35-70-44)58-53(66)59-49/h3-8,13-16,19-22,36,41-44,49,61-62H,9-12,17-18,23-35H2,1-2H3,(H,55,63)(H,56,64)(H,57,65)(H2,58,59,66)/t41-,42-,43+,44+,49+/m1/s1. The lowest BCUT2D eigenvalue weighted by atomic mass is 9.94. The largest absolute Gasteiger partial charge is 0.393 e. The van der Waals surface area contributed by atoms with Crippen molar-refractivity contribution in [3.63, 3.8) is 0 Å². The van der Waals surface area contributed by atoms with Crippen LogP contribution in [0, 0.1) is 5.82 Å². The van der Waals surface area contributed by atoms with Crippen molar-refractivity contribution < 1.29 is 48.0 Å². The first-order valence-corrected chi connectivity index (χ1v) is 25.8. The van der Waals surface area contributed by atoms with Crippen LogP contribution in [0.3, 0.4) is 0 Å². The van der Waals surface area contributed by atoms with E-state index < -0.39 is 12.2 Å². The van der Waals surface area contributed by atoms with E-state index >= 15 is 0 Å². The van der Waals surface area contributed by atoms with Gasteiger partial charge >= 0.3 is 6.03 Å². The van der Waals surface area contributed by atoms with Gasteiger partial charge in [0.15, 0.2) is 0 Å². The van der Waals surface area contributed by atoms with Gasteiger partial charge in [0.05, 0.1) is 68.4 Å². The number of ether oxygens (including phenoxy) is 3. The number of aromatic nitrogens is 1. The summed E-state index contributed by atoms with van der Waals surface area (Å²) in [6, 6.07) is 25.3. The van der Waals surface area contributed by atoms with E-state index in [4.69, 9.17) is 14.2 Å². The van der Waals surface area contributed by atoms with Gasteiger partial charge in [0.1, 0.15) is 5.82 Å². The summed E-state index contributed by atoms with van der Waals surface area (Å²) in [6.45, 7) is 7.84. The molecule has 7 N–H and O–H groups in total. The van der Waals surface area contributed by atoms with Crippen LogP contribution in [0.4, 0.5) is 14.9 Å². The molecular formula is C53H71FN6O9S. The molecule has 2 fully saturated rings. The molecule has 2 aliphatic heterocycles. The van der Waals surface area contributed by atoms with Gasteiger partial charge in [-0.3, -0.25) is 14.4 Å². The first kappa shape index (κ1) is 54.0. The molecule has 2 saturated heterocycles. The van der Waals surface area contributed by atoms with Crippen LogP contribution in [0.1, 0.15) is 93.6 Å². The van der Waals surface area contributed by atoms with E-state index in [0.717, 1.165) is 36.3 Å². The molecule has 17 heteroatoms. The number of urea groups is 1. The van der Waals surface area contributed by atoms with Crippen molar-refractivity contribution in [2.45, 2.75) is 114 Å². The average Bonchev–Trinajstić information content (AvgIpc) is 4.02. The number of unbranched alkanes of at least 4 members (excludes halogenated alkanes) is 1. The fourth-order valence-corrected chi connectivity index (χ4v) is 10.5. The van der Waals surface area contributed by atoms with Crippen LogP contribution in [0.15, 0.2) is 84.9 Å². The quantitative estimate of drug-likeness (QED) is 0.0203. The molecule has 0 bridgehead atoms. The number of para-hydroxylation sites is 1. The minimum absolute atomic E-state index is 0.0262. The molecule has 15 nitrogen and oxygen atoms in total. The number of benzene rings is 3. The number of hydrogen-bond acceptors (Lipinski definition) is 10. The number of amides is 5. The van der Waals surface area contributed by atoms with Crippen LogP contribution >= 0.6 is 11.8 Å². The van der Waals surface area contributed by atoms with Crippen molar-refractivity contribution in [1.29, 1.82) is 0 Å². The smallest absolute Gasteiger partial charge is 0.315 e. The summed E-state index contributed by atoms with van der Waals surface area (Å²) in [5, 5.41) is 37.3. The van der Waals surface area contributed by atoms with Crippen LogP contribution in [0.5, 0.6) is 0 Å². The SMILES string of the molecule is CC(C)c1c(C(=O)Nc2ccccc2)c(-c2ccccc2)c(-c2ccc(F)cc2)n1CC[C@@H](O)C[C@@H](O)CC(=O)NCCCOCCOCCOCCCNC(=O)CCCC[C@@H]1SC[C@@H]2NC(=O)N[C@@H]21. The van der Waals surface area contributed by atoms with Gasteiger partial charge in [-0.2, -0.15) is 11.8 Å². The third-order valence-electron chi connectivity index (χ3n) is 12.3. The van der Waals surface area contributed by atoms with Crippen LogP contribution in [-0.4, -0.2) is 127 Å². The maximum Gasteiger partial charge on any atom is 0.315 e. The molecule has 0 unspecified atom stereocenters. The molecule has 0 spiro atoms. The summed E-state index contributed by atoms with van der Waals surface area (Å²) < 4.78 is 33.1. The van der Waals surface area contributed by atoms with Gasteiger partial charge in [-0.25, -0.2) is 9.18 Å². The molecule has 1 aromatic heterocycles. The Morgan fingerprint density at radius 1 is 0.771 bits per heavy atom. The monoisotopic (exact) mass is 986 g/mol. The molecule has 70 heavy (non-hydrogen) atoms. The van der Waals surface area contributed by atoms with E-state index in [1.54, 1.807) is 12.1 Å². The summed E-state index contributed by atoms with van der Waals surface area (Å²) in [6.07, 6.45) is 2.55. The molecule has 3 aromatic carbocycles. The van der Waals surface area contributed by atoms with Crippen molar-refractivity contribution in [3.05, 3.63) is 102 Å². The minimum Gasteiger partial charge on any atom is -0.393 e. The average molecular weight is 987 g/mol. The third-order valence-corrected chi connectivity index (χ3v) is 13.8. The van der Waals surface area contributed by atoms with Gasteiger partial charge in [0.2, 0.25) is 11.8 Å². The van der Waals surface area contributed by atoms with Crippen LogP contribution in [0.25, 0.3) is 22.4 Å². The maximum atomic E-state index is 14.3. The Labute approximate surface area is 415 Å². The predicted molar refractivity (Wildman–Crippen MR) is 271 cm³/mol. The fraction of sp³-hybridized carbons (Fsp3) is 0.509. The summed E-state index contributed by atoms with van der Waals surface area (Å²) in [5.74, 6) is -0.149. The second-order valence-electron chi connectivity index (χ2n) is 18.1. The van der Waals surface area contributed by atoms with E-state index in [0.29, 0.717) is 105 Å². The first-order chi connectivity index (χ1) is 34.0. The molecule has 0 aliphatic carbocycles. The number of carbonyl (C=O) groups excluding carboxylic acids is 4. The number of aliphatic hydroxyl groups is 2. The zero-order valence-electron chi connectivity index (χ0n) is 40.5. The Hall–Kier alpha value is -5.30. The van der Waals surface area contributed by atoms with Crippen molar-refractivity contribution in [2.24, 2.45) is 0 Å². The Bertz CT molecular complexity index is 2250. The molecule has 0 saturated carbocycles. The zero-order chi connectivity index (χ0) is 49.7. The molecule has 5 atom stereocenters. The second kappa shape index (κ2) is 28.5. The highest BCUT2D eigenvalue weighted by molar-refractivity contribution is 8.00. The molecule has 6 rings (SSSR count). The second-order valence-corrected chi connectivity index (χ2v) is 19.4. The van der Waals surface area contributed by atoms with E-state index in [-0.39, 0.29) is 73.4 Å². The molecule has 5 amide bonds. The Balaban J connectivity index is 0.836. The number of fused-ring (bicyclic) bond motifs is 1. The highest BCUT2D eigenvalue weighted by atomic mass is 32.2. The van der Waals surface area contributed by atoms with Crippen molar-refractivity contribution in [3.8, 4) is 22.4 Å². The van der Waals surface area contributed by atoms with E-state index in [9.17, 15) is 33.8 Å². The number of thioether (sulfide) groups is 1. The predicted octanol–water partition coefficient (Wildman–Crippen LogP) is 7.02. The van der Waals surface area contributed by atoms with Gasteiger partial charge in [-0.15, -0.1) is 0 Å². The summed E-state index contributed by atoms with van der Waals surface area (Å²) >= 11 is 1.89. The van der Waals surface area contributed by atoms with Gasteiger partial charge in [0, 0.05) is 67.2 Å². The Kier molecular flexibility index (Phi) is 22.0. The molecule has 3 heterocycles. The number of hydrogen-bond donors (Lipinski definition) is 7. The summed E-state index contributed by atoms with van der Waals surface area (Å²) in [4.78, 5) is 50.7. The van der Waals surface area contributed by atoms with Crippen LogP contribution in [0.2, 0.25) is 0 Å². The zero-order valence-corrected chi connectivity index (χ0v) is 41.3. The van der Waals surface area contributed by atoms with Crippen molar-refractivity contribution in [2.75, 3.05) is 63.8 Å². The summed E-state index contributed by atoms with van der Waals surface area (Å²) in [7, 11) is 0. The number of rotatable bonds is 31. The number of anilines is 1. The number of nitrogens with zero attached hydrogens (tertiary/aromatic N) is 1. The lowest BCUT2D eigenvalue weighted by molar-refractivity contribution is -0.123. The van der Waals surface area contributed by atoms with Crippen LogP contribution in [-0.2, 0) is 30.3 Å². The molecule has 4 aromatic rings. The van der Waals surface area contributed by atoms with Gasteiger partial charge in [0.25, 0.3) is 5.91 Å². The minimum atomic E-state index is -1.08. The number of halogens is 1. The van der Waals surface area contributed by atoms with Crippen LogP contribution < -0.4 is 26.6 Å². The lowest BCUT2D eigenvalue weighted by Crippen LogP contribution is -2.36. The first-order valence-electron chi connectivity index (χ1n) is 24.7. The van der Waals surface area contributed by atoms with E-state index in [2.05, 4.69) is 26.6 Å². The Morgan fingerprint density at radius 3 is 2.06 bits per heavy atom. The summed E-state index contributed by atoms with van der Waals surface area (Å²) in [5.41, 5.74) is 4.80. The lowest BCUT2D eigenvalue weighted by Gasteiger charge is -2.20. The molecule has 0 radical (unpaired) electrons. The van der Waals surface area contributed by atoms with Gasteiger partial charge < -0.3 is 55.6 Å². The van der Waals surface area contributed by atoms with E-state index in [1.165, 1.54) is 12.1 Å². The van der Waals surface area contributed by atoms with Crippen molar-refractivity contribution in [1.82, 2.24) is 25.8 Å². The number of nitrogens with one attached hydrogen (secondary N) is 5. The Morgan fingerprint density at radius 2 is 1.40 bits per heavy atom. The number of carbonyl (C=O) groups is 4. The van der Waals surface area contributed by atoms with Crippen molar-refractivity contribution >= 4 is 41.2 Å². The molecule has 2 aliphatic rings. The van der Waals surface area contributed by atoms with Gasteiger partial charge in [-0.1, -0.05) is 68.8 Å².